The Hall–Kier alpha value is -2.28. The third-order valence-corrected chi connectivity index (χ3v) is 1.93. The van der Waals surface area contributed by atoms with Crippen LogP contribution in [-0.4, -0.2) is 42.8 Å². The summed E-state index contributed by atoms with van der Waals surface area (Å²) in [6.07, 6.45) is 0.459. The van der Waals surface area contributed by atoms with Crippen LogP contribution in [0.25, 0.3) is 0 Å². The minimum Gasteiger partial charge on any atom is -0.504 e. The average Bonchev–Trinajstić information content (AvgIpc) is 2.38. The summed E-state index contributed by atoms with van der Waals surface area (Å²) >= 11 is 0. The maximum atomic E-state index is 11.0. The number of phenolic OH excluding ortho intramolecular Hbond substituents is 1. The average molecular weight is 254 g/mol. The summed E-state index contributed by atoms with van der Waals surface area (Å²) in [4.78, 5) is 11.0. The molecule has 0 saturated heterocycles. The number of ether oxygens (including phenoxy) is 2. The zero-order valence-corrected chi connectivity index (χ0v) is 9.79. The fraction of sp³-hybridized carbons (Fsp3) is 0.273. The maximum absolute atomic E-state index is 11.0. The van der Waals surface area contributed by atoms with Gasteiger partial charge < -0.3 is 19.7 Å². The normalized spacial score (nSPS) is 10.3. The van der Waals surface area contributed by atoms with Gasteiger partial charge in [0.15, 0.2) is 11.5 Å². The van der Waals surface area contributed by atoms with Crippen molar-refractivity contribution in [2.75, 3.05) is 20.3 Å². The summed E-state index contributed by atoms with van der Waals surface area (Å²) in [6.45, 7) is -0.362. The highest BCUT2D eigenvalue weighted by Crippen LogP contribution is 2.27. The number of nitrogens with zero attached hydrogens (tertiary/aromatic N) is 1. The molecular formula is C11H14N2O5. The monoisotopic (exact) mass is 254 g/mol. The van der Waals surface area contributed by atoms with E-state index in [1.165, 1.54) is 13.3 Å². The molecule has 1 aromatic rings. The van der Waals surface area contributed by atoms with E-state index in [2.05, 4.69) is 15.3 Å². The summed E-state index contributed by atoms with van der Waals surface area (Å²) in [7, 11) is 1.43. The Morgan fingerprint density at radius 3 is 3.00 bits per heavy atom. The molecule has 0 radical (unpaired) electrons. The van der Waals surface area contributed by atoms with Crippen molar-refractivity contribution in [3.05, 3.63) is 23.8 Å². The van der Waals surface area contributed by atoms with E-state index < -0.39 is 6.09 Å². The molecule has 0 aromatic heterocycles. The van der Waals surface area contributed by atoms with Gasteiger partial charge in [0.2, 0.25) is 0 Å². The molecule has 1 amide bonds. The second-order valence-electron chi connectivity index (χ2n) is 3.13. The van der Waals surface area contributed by atoms with E-state index in [0.717, 1.165) is 0 Å². The van der Waals surface area contributed by atoms with E-state index in [1.807, 2.05) is 0 Å². The van der Waals surface area contributed by atoms with Gasteiger partial charge >= 0.3 is 6.09 Å². The number of amides is 1. The van der Waals surface area contributed by atoms with Crippen LogP contribution >= 0.6 is 0 Å². The van der Waals surface area contributed by atoms with Crippen molar-refractivity contribution in [1.29, 1.82) is 0 Å². The molecule has 0 aliphatic carbocycles. The largest absolute Gasteiger partial charge is 0.504 e. The van der Waals surface area contributed by atoms with Crippen molar-refractivity contribution in [2.24, 2.45) is 5.10 Å². The number of benzene rings is 1. The summed E-state index contributed by atoms with van der Waals surface area (Å²) in [6, 6.07) is 4.86. The van der Waals surface area contributed by atoms with E-state index in [0.29, 0.717) is 11.3 Å². The minimum absolute atomic E-state index is 0.0747. The van der Waals surface area contributed by atoms with Crippen LogP contribution in [-0.2, 0) is 4.74 Å². The molecule has 0 spiro atoms. The first-order chi connectivity index (χ1) is 8.69. The third kappa shape index (κ3) is 3.95. The lowest BCUT2D eigenvalue weighted by Crippen LogP contribution is -2.20. The van der Waals surface area contributed by atoms with Gasteiger partial charge in [-0.2, -0.15) is 5.10 Å². The molecule has 0 aliphatic heterocycles. The molecule has 1 rings (SSSR count). The van der Waals surface area contributed by atoms with E-state index in [4.69, 9.17) is 9.84 Å². The van der Waals surface area contributed by atoms with Crippen LogP contribution in [0.2, 0.25) is 0 Å². The number of hydrogen-bond acceptors (Lipinski definition) is 6. The van der Waals surface area contributed by atoms with E-state index >= 15 is 0 Å². The molecule has 0 unspecified atom stereocenters. The maximum Gasteiger partial charge on any atom is 0.427 e. The van der Waals surface area contributed by atoms with Crippen LogP contribution in [0.15, 0.2) is 23.3 Å². The van der Waals surface area contributed by atoms with Crippen LogP contribution < -0.4 is 10.2 Å². The standard InChI is InChI=1S/C11H14N2O5/c1-17-9-4-2-3-8(10(9)15)7-12-13-11(16)18-6-5-14/h2-4,7,14-15H,5-6H2,1H3,(H,13,16)/b12-7+. The van der Waals surface area contributed by atoms with Gasteiger partial charge in [-0.15, -0.1) is 0 Å². The highest BCUT2D eigenvalue weighted by molar-refractivity contribution is 5.85. The molecule has 0 fully saturated rings. The van der Waals surface area contributed by atoms with Gasteiger partial charge in [0.1, 0.15) is 6.61 Å². The molecule has 0 heterocycles. The molecule has 0 aliphatic rings. The number of hydrazone groups is 1. The number of carbonyl (C=O) groups excluding carboxylic acids is 1. The first-order valence-corrected chi connectivity index (χ1v) is 5.11. The van der Waals surface area contributed by atoms with Crippen molar-refractivity contribution >= 4 is 12.3 Å². The molecule has 0 bridgehead atoms. The van der Waals surface area contributed by atoms with Gasteiger partial charge in [0.05, 0.1) is 19.9 Å². The van der Waals surface area contributed by atoms with Crippen LogP contribution in [0.4, 0.5) is 4.79 Å². The Labute approximate surface area is 104 Å². The zero-order valence-electron chi connectivity index (χ0n) is 9.79. The van der Waals surface area contributed by atoms with E-state index in [-0.39, 0.29) is 19.0 Å². The lowest BCUT2D eigenvalue weighted by molar-refractivity contribution is 0.119. The number of carbonyl (C=O) groups is 1. The fourth-order valence-corrected chi connectivity index (χ4v) is 1.13. The molecule has 18 heavy (non-hydrogen) atoms. The highest BCUT2D eigenvalue weighted by atomic mass is 16.6. The molecule has 0 saturated carbocycles. The fourth-order valence-electron chi connectivity index (χ4n) is 1.13. The van der Waals surface area contributed by atoms with Crippen molar-refractivity contribution in [2.45, 2.75) is 0 Å². The molecular weight excluding hydrogens is 240 g/mol. The van der Waals surface area contributed by atoms with Crippen LogP contribution in [0.3, 0.4) is 0 Å². The molecule has 7 heteroatoms. The Morgan fingerprint density at radius 2 is 2.33 bits per heavy atom. The predicted molar refractivity (Wildman–Crippen MR) is 63.8 cm³/mol. The van der Waals surface area contributed by atoms with Crippen molar-refractivity contribution < 1.29 is 24.5 Å². The van der Waals surface area contributed by atoms with Gasteiger partial charge in [-0.05, 0) is 12.1 Å². The minimum atomic E-state index is -0.789. The van der Waals surface area contributed by atoms with Gasteiger partial charge in [-0.25, -0.2) is 10.2 Å². The second-order valence-corrected chi connectivity index (χ2v) is 3.13. The number of hydrogen-bond donors (Lipinski definition) is 3. The number of aromatic hydroxyl groups is 1. The van der Waals surface area contributed by atoms with Crippen molar-refractivity contribution in [3.63, 3.8) is 0 Å². The highest BCUT2D eigenvalue weighted by Gasteiger charge is 2.05. The lowest BCUT2D eigenvalue weighted by atomic mass is 10.2. The number of aliphatic hydroxyl groups is 1. The second kappa shape index (κ2) is 7.13. The number of aliphatic hydroxyl groups excluding tert-OH is 1. The molecule has 3 N–H and O–H groups in total. The number of rotatable bonds is 5. The zero-order chi connectivity index (χ0) is 13.4. The first kappa shape index (κ1) is 13.8. The summed E-state index contributed by atoms with van der Waals surface area (Å²) in [5, 5.41) is 21.7. The molecule has 1 aromatic carbocycles. The summed E-state index contributed by atoms with van der Waals surface area (Å²) in [5.41, 5.74) is 2.46. The number of phenols is 1. The Bertz CT molecular complexity index is 433. The number of para-hydroxylation sites is 1. The first-order valence-electron chi connectivity index (χ1n) is 5.11. The topological polar surface area (TPSA) is 100 Å². The summed E-state index contributed by atoms with van der Waals surface area (Å²) < 4.78 is 9.42. The van der Waals surface area contributed by atoms with Crippen LogP contribution in [0.1, 0.15) is 5.56 Å². The van der Waals surface area contributed by atoms with E-state index in [1.54, 1.807) is 18.2 Å². The molecule has 98 valence electrons. The predicted octanol–water partition coefficient (Wildman–Crippen LogP) is 0.453. The molecule has 7 nitrogen and oxygen atoms in total. The van der Waals surface area contributed by atoms with Crippen LogP contribution in [0, 0.1) is 0 Å². The Balaban J connectivity index is 2.59. The SMILES string of the molecule is COc1cccc(/C=N/NC(=O)OCCO)c1O. The summed E-state index contributed by atoms with van der Waals surface area (Å²) in [5.74, 6) is 0.232. The molecule has 0 atom stereocenters. The Kier molecular flexibility index (Phi) is 5.46. The van der Waals surface area contributed by atoms with Crippen molar-refractivity contribution in [3.8, 4) is 11.5 Å². The van der Waals surface area contributed by atoms with Gasteiger partial charge in [-0.1, -0.05) is 6.07 Å². The van der Waals surface area contributed by atoms with Crippen LogP contribution in [0.5, 0.6) is 11.5 Å². The van der Waals surface area contributed by atoms with Gasteiger partial charge in [0, 0.05) is 5.56 Å². The van der Waals surface area contributed by atoms with Crippen molar-refractivity contribution in [1.82, 2.24) is 5.43 Å². The Morgan fingerprint density at radius 1 is 1.56 bits per heavy atom. The van der Waals surface area contributed by atoms with Gasteiger partial charge in [-0.3, -0.25) is 0 Å². The van der Waals surface area contributed by atoms with E-state index in [9.17, 15) is 9.90 Å². The number of methoxy groups -OCH3 is 1. The van der Waals surface area contributed by atoms with Gasteiger partial charge in [0.25, 0.3) is 0 Å². The smallest absolute Gasteiger partial charge is 0.427 e. The quantitative estimate of drug-likeness (QED) is 0.523. The number of nitrogens with one attached hydrogen (secondary N) is 1. The lowest BCUT2D eigenvalue weighted by Gasteiger charge is -2.05. The third-order valence-electron chi connectivity index (χ3n) is 1.93.